The number of hydrogen-bond acceptors (Lipinski definition) is 6. The van der Waals surface area contributed by atoms with Crippen LogP contribution in [0.2, 0.25) is 0 Å². The Morgan fingerprint density at radius 2 is 1.93 bits per heavy atom. The summed E-state index contributed by atoms with van der Waals surface area (Å²) in [4.78, 5) is 23.7. The maximum atomic E-state index is 12.5. The van der Waals surface area contributed by atoms with Crippen LogP contribution < -0.4 is 9.64 Å². The maximum absolute atomic E-state index is 12.5. The summed E-state index contributed by atoms with van der Waals surface area (Å²) in [6.45, 7) is 6.03. The molecule has 0 aliphatic carbocycles. The number of ether oxygens (including phenoxy) is 1. The van der Waals surface area contributed by atoms with Gasteiger partial charge in [0, 0.05) is 47.8 Å². The van der Waals surface area contributed by atoms with Crippen molar-refractivity contribution in [2.75, 3.05) is 18.0 Å². The number of aromatic nitrogens is 1. The molecule has 0 fully saturated rings. The Bertz CT molecular complexity index is 1020. The molecule has 0 amide bonds. The molecular weight excluding hydrogens is 370 g/mol. The van der Waals surface area contributed by atoms with Crippen LogP contribution in [0.3, 0.4) is 0 Å². The summed E-state index contributed by atoms with van der Waals surface area (Å²) in [6.07, 6.45) is 0.451. The SMILES string of the molecule is CCN(CC)c1ccc2c(c1)OC(=O)C(=Nc1nc(-c3ccccc3)cs1)C2. The van der Waals surface area contributed by atoms with Gasteiger partial charge in [-0.15, -0.1) is 11.3 Å². The van der Waals surface area contributed by atoms with E-state index in [0.29, 0.717) is 23.0 Å². The fourth-order valence-corrected chi connectivity index (χ4v) is 3.96. The second-order valence-corrected chi connectivity index (χ2v) is 7.31. The van der Waals surface area contributed by atoms with E-state index in [1.807, 2.05) is 47.8 Å². The molecule has 0 saturated heterocycles. The number of nitrogens with zero attached hydrogens (tertiary/aromatic N) is 3. The van der Waals surface area contributed by atoms with E-state index in [4.69, 9.17) is 4.74 Å². The Hall–Kier alpha value is -2.99. The third-order valence-corrected chi connectivity index (χ3v) is 5.50. The molecule has 28 heavy (non-hydrogen) atoms. The Balaban J connectivity index is 1.58. The molecule has 2 aromatic carbocycles. The van der Waals surface area contributed by atoms with Gasteiger partial charge in [0.1, 0.15) is 11.5 Å². The second-order valence-electron chi connectivity index (χ2n) is 6.47. The van der Waals surface area contributed by atoms with E-state index in [2.05, 4.69) is 34.8 Å². The van der Waals surface area contributed by atoms with Crippen molar-refractivity contribution in [1.82, 2.24) is 4.98 Å². The van der Waals surface area contributed by atoms with Gasteiger partial charge in [0.15, 0.2) is 0 Å². The number of fused-ring (bicyclic) bond motifs is 1. The molecule has 1 aromatic heterocycles. The van der Waals surface area contributed by atoms with Crippen LogP contribution >= 0.6 is 11.3 Å². The van der Waals surface area contributed by atoms with Crippen molar-refractivity contribution in [2.24, 2.45) is 4.99 Å². The van der Waals surface area contributed by atoms with E-state index in [0.717, 1.165) is 35.6 Å². The molecule has 0 N–H and O–H groups in total. The van der Waals surface area contributed by atoms with Crippen molar-refractivity contribution in [2.45, 2.75) is 20.3 Å². The van der Waals surface area contributed by atoms with Crippen LogP contribution in [-0.2, 0) is 11.2 Å². The van der Waals surface area contributed by atoms with Crippen LogP contribution in [-0.4, -0.2) is 29.8 Å². The van der Waals surface area contributed by atoms with Gasteiger partial charge in [0.05, 0.1) is 5.69 Å². The van der Waals surface area contributed by atoms with Gasteiger partial charge in [-0.25, -0.2) is 14.8 Å². The number of rotatable bonds is 5. The van der Waals surface area contributed by atoms with Crippen LogP contribution in [0.25, 0.3) is 11.3 Å². The number of hydrogen-bond donors (Lipinski definition) is 0. The zero-order valence-corrected chi connectivity index (χ0v) is 16.7. The third-order valence-electron chi connectivity index (χ3n) is 4.77. The summed E-state index contributed by atoms with van der Waals surface area (Å²) >= 11 is 1.42. The molecule has 0 spiro atoms. The lowest BCUT2D eigenvalue weighted by Crippen LogP contribution is -2.28. The first-order valence-electron chi connectivity index (χ1n) is 9.36. The highest BCUT2D eigenvalue weighted by molar-refractivity contribution is 7.13. The van der Waals surface area contributed by atoms with Gasteiger partial charge in [-0.1, -0.05) is 36.4 Å². The van der Waals surface area contributed by atoms with E-state index in [1.165, 1.54) is 11.3 Å². The predicted molar refractivity (Wildman–Crippen MR) is 114 cm³/mol. The highest BCUT2D eigenvalue weighted by Crippen LogP contribution is 2.31. The molecule has 5 nitrogen and oxygen atoms in total. The molecule has 0 bridgehead atoms. The van der Waals surface area contributed by atoms with E-state index in [1.54, 1.807) is 0 Å². The van der Waals surface area contributed by atoms with Crippen molar-refractivity contribution >= 4 is 33.8 Å². The van der Waals surface area contributed by atoms with Crippen LogP contribution in [0, 0.1) is 0 Å². The average Bonchev–Trinajstić information content (AvgIpc) is 3.19. The smallest absolute Gasteiger partial charge is 0.358 e. The zero-order valence-electron chi connectivity index (χ0n) is 15.9. The molecule has 2 heterocycles. The van der Waals surface area contributed by atoms with Crippen molar-refractivity contribution in [1.29, 1.82) is 0 Å². The average molecular weight is 391 g/mol. The van der Waals surface area contributed by atoms with E-state index < -0.39 is 5.97 Å². The molecule has 0 radical (unpaired) electrons. The fourth-order valence-electron chi connectivity index (χ4n) is 3.24. The number of benzene rings is 2. The van der Waals surface area contributed by atoms with Crippen LogP contribution in [0.5, 0.6) is 5.75 Å². The Kier molecular flexibility index (Phi) is 5.21. The number of anilines is 1. The Labute approximate surface area is 168 Å². The molecule has 1 aliphatic rings. The molecule has 1 aliphatic heterocycles. The summed E-state index contributed by atoms with van der Waals surface area (Å²) in [5.74, 6) is 0.220. The molecule has 6 heteroatoms. The highest BCUT2D eigenvalue weighted by atomic mass is 32.1. The standard InChI is InChI=1S/C22H21N3O2S/c1-3-25(4-2)17-11-10-16-12-18(21(26)27-20(16)13-17)23-22-24-19(14-28-22)15-8-6-5-7-9-15/h5-11,13-14H,3-4,12H2,1-2H3. The summed E-state index contributed by atoms with van der Waals surface area (Å²) in [5, 5.41) is 2.52. The van der Waals surface area contributed by atoms with Crippen molar-refractivity contribution in [3.63, 3.8) is 0 Å². The molecule has 3 aromatic rings. The van der Waals surface area contributed by atoms with Gasteiger partial charge in [-0.2, -0.15) is 0 Å². The van der Waals surface area contributed by atoms with Crippen molar-refractivity contribution < 1.29 is 9.53 Å². The van der Waals surface area contributed by atoms with Gasteiger partial charge in [0.2, 0.25) is 5.13 Å². The topological polar surface area (TPSA) is 54.8 Å². The van der Waals surface area contributed by atoms with E-state index in [-0.39, 0.29) is 0 Å². The van der Waals surface area contributed by atoms with Gasteiger partial charge >= 0.3 is 5.97 Å². The van der Waals surface area contributed by atoms with Crippen molar-refractivity contribution in [3.8, 4) is 17.0 Å². The largest absolute Gasteiger partial charge is 0.422 e. The quantitative estimate of drug-likeness (QED) is 0.459. The summed E-state index contributed by atoms with van der Waals surface area (Å²) in [6, 6.07) is 16.0. The Morgan fingerprint density at radius 3 is 2.68 bits per heavy atom. The van der Waals surface area contributed by atoms with Crippen molar-refractivity contribution in [3.05, 3.63) is 59.5 Å². The second kappa shape index (κ2) is 7.94. The lowest BCUT2D eigenvalue weighted by atomic mass is 10.0. The summed E-state index contributed by atoms with van der Waals surface area (Å²) in [5.41, 5.74) is 4.31. The maximum Gasteiger partial charge on any atom is 0.358 e. The monoisotopic (exact) mass is 391 g/mol. The number of carbonyl (C=O) groups is 1. The number of esters is 1. The number of thiazole rings is 1. The third kappa shape index (κ3) is 3.68. The minimum atomic E-state index is -0.402. The van der Waals surface area contributed by atoms with Gasteiger partial charge in [-0.3, -0.25) is 0 Å². The van der Waals surface area contributed by atoms with Gasteiger partial charge < -0.3 is 9.64 Å². The lowest BCUT2D eigenvalue weighted by Gasteiger charge is -2.24. The molecule has 0 atom stereocenters. The minimum Gasteiger partial charge on any atom is -0.422 e. The van der Waals surface area contributed by atoms with E-state index in [9.17, 15) is 4.79 Å². The predicted octanol–water partition coefficient (Wildman–Crippen LogP) is 4.89. The normalized spacial score (nSPS) is 14.6. The van der Waals surface area contributed by atoms with Crippen LogP contribution in [0.4, 0.5) is 10.8 Å². The van der Waals surface area contributed by atoms with E-state index >= 15 is 0 Å². The summed E-state index contributed by atoms with van der Waals surface area (Å²) in [7, 11) is 0. The molecule has 142 valence electrons. The Morgan fingerprint density at radius 1 is 1.14 bits per heavy atom. The fraction of sp³-hybridized carbons (Fsp3) is 0.227. The molecular formula is C22H21N3O2S. The van der Waals surface area contributed by atoms with Crippen LogP contribution in [0.15, 0.2) is 58.9 Å². The lowest BCUT2D eigenvalue weighted by molar-refractivity contribution is -0.127. The first-order valence-corrected chi connectivity index (χ1v) is 10.2. The van der Waals surface area contributed by atoms with Gasteiger partial charge in [-0.05, 0) is 19.9 Å². The van der Waals surface area contributed by atoms with Gasteiger partial charge in [0.25, 0.3) is 0 Å². The molecule has 0 saturated carbocycles. The van der Waals surface area contributed by atoms with Crippen LogP contribution in [0.1, 0.15) is 19.4 Å². The molecule has 4 rings (SSSR count). The zero-order chi connectivity index (χ0) is 19.5. The minimum absolute atomic E-state index is 0.386. The number of aliphatic imine (C=N–C) groups is 1. The summed E-state index contributed by atoms with van der Waals surface area (Å²) < 4.78 is 5.57. The number of carbonyl (C=O) groups excluding carboxylic acids is 1. The first-order chi connectivity index (χ1) is 13.7. The first kappa shape index (κ1) is 18.4. The highest BCUT2D eigenvalue weighted by Gasteiger charge is 2.25. The molecule has 0 unspecified atom stereocenters.